The van der Waals surface area contributed by atoms with Gasteiger partial charge in [-0.05, 0) is 36.1 Å². The van der Waals surface area contributed by atoms with Gasteiger partial charge in [0.1, 0.15) is 5.75 Å². The van der Waals surface area contributed by atoms with Crippen molar-refractivity contribution in [1.29, 1.82) is 0 Å². The summed E-state index contributed by atoms with van der Waals surface area (Å²) in [4.78, 5) is 12.0. The molecule has 0 saturated heterocycles. The van der Waals surface area contributed by atoms with Crippen LogP contribution >= 0.6 is 0 Å². The van der Waals surface area contributed by atoms with Crippen molar-refractivity contribution in [1.82, 2.24) is 0 Å². The number of anilines is 1. The van der Waals surface area contributed by atoms with Gasteiger partial charge in [0, 0.05) is 5.69 Å². The normalized spacial score (nSPS) is 11.1. The summed E-state index contributed by atoms with van der Waals surface area (Å²) in [5.74, 6) is 0.599. The van der Waals surface area contributed by atoms with E-state index >= 15 is 0 Å². The molecule has 0 saturated carbocycles. The van der Waals surface area contributed by atoms with E-state index in [4.69, 9.17) is 4.74 Å². The third-order valence-corrected chi connectivity index (χ3v) is 3.39. The average molecular weight is 297 g/mol. The molecule has 0 fully saturated rings. The van der Waals surface area contributed by atoms with Crippen molar-refractivity contribution in [2.75, 3.05) is 11.9 Å². The number of carbonyl (C=O) groups excluding carboxylic acids is 1. The lowest BCUT2D eigenvalue weighted by Crippen LogP contribution is -2.21. The molecule has 2 aromatic rings. The minimum atomic E-state index is -0.160. The van der Waals surface area contributed by atoms with Gasteiger partial charge in [-0.3, -0.25) is 4.79 Å². The van der Waals surface area contributed by atoms with Crippen LogP contribution < -0.4 is 10.1 Å². The zero-order valence-electron chi connectivity index (χ0n) is 13.6. The van der Waals surface area contributed by atoms with E-state index in [1.165, 1.54) is 0 Å². The summed E-state index contributed by atoms with van der Waals surface area (Å²) in [5, 5.41) is 2.83. The Bertz CT molecular complexity index is 639. The van der Waals surface area contributed by atoms with Gasteiger partial charge in [-0.25, -0.2) is 0 Å². The molecule has 1 amide bonds. The first-order valence-corrected chi connectivity index (χ1v) is 7.45. The molecule has 0 aliphatic carbocycles. The molecule has 0 atom stereocenters. The first kappa shape index (κ1) is 16.1. The molecule has 0 heterocycles. The molecule has 0 aliphatic heterocycles. The van der Waals surface area contributed by atoms with Gasteiger partial charge in [-0.2, -0.15) is 0 Å². The van der Waals surface area contributed by atoms with Crippen LogP contribution in [0.15, 0.2) is 48.5 Å². The Kier molecular flexibility index (Phi) is 4.86. The molecule has 2 rings (SSSR count). The van der Waals surface area contributed by atoms with Crippen molar-refractivity contribution in [3.63, 3.8) is 0 Å². The maximum atomic E-state index is 12.0. The highest BCUT2D eigenvalue weighted by atomic mass is 16.5. The summed E-state index contributed by atoms with van der Waals surface area (Å²) in [5.41, 5.74) is 3.01. The van der Waals surface area contributed by atoms with E-state index in [-0.39, 0.29) is 17.9 Å². The van der Waals surface area contributed by atoms with E-state index in [1.54, 1.807) is 0 Å². The Morgan fingerprint density at radius 2 is 1.68 bits per heavy atom. The van der Waals surface area contributed by atoms with Gasteiger partial charge < -0.3 is 10.1 Å². The fourth-order valence-corrected chi connectivity index (χ4v) is 2.19. The van der Waals surface area contributed by atoms with Crippen molar-refractivity contribution < 1.29 is 9.53 Å². The molecule has 0 aromatic heterocycles. The minimum Gasteiger partial charge on any atom is -0.483 e. The Hall–Kier alpha value is -2.29. The lowest BCUT2D eigenvalue weighted by atomic mass is 9.86. The predicted octanol–water partition coefficient (Wildman–Crippen LogP) is 4.31. The number of nitrogens with one attached hydrogen (secondary N) is 1. The molecule has 116 valence electrons. The molecule has 1 N–H and O–H groups in total. The standard InChI is InChI=1S/C19H23NO2/c1-14-9-11-15(12-10-14)20-18(21)13-22-17-8-6-5-7-16(17)19(2,3)4/h5-12H,13H2,1-4H3,(H,20,21). The fourth-order valence-electron chi connectivity index (χ4n) is 2.19. The number of hydrogen-bond acceptors (Lipinski definition) is 2. The molecular weight excluding hydrogens is 274 g/mol. The number of rotatable bonds is 4. The predicted molar refractivity (Wildman–Crippen MR) is 90.4 cm³/mol. The van der Waals surface area contributed by atoms with E-state index in [9.17, 15) is 4.79 Å². The summed E-state index contributed by atoms with van der Waals surface area (Å²) in [6.45, 7) is 8.39. The van der Waals surface area contributed by atoms with Crippen LogP contribution in [0.2, 0.25) is 0 Å². The summed E-state index contributed by atoms with van der Waals surface area (Å²) >= 11 is 0. The van der Waals surface area contributed by atoms with Crippen molar-refractivity contribution >= 4 is 11.6 Å². The minimum absolute atomic E-state index is 0.000962. The molecule has 0 unspecified atom stereocenters. The molecule has 0 spiro atoms. The maximum Gasteiger partial charge on any atom is 0.262 e. The summed E-state index contributed by atoms with van der Waals surface area (Å²) in [7, 11) is 0. The van der Waals surface area contributed by atoms with Crippen LogP contribution in [0.25, 0.3) is 0 Å². The molecular formula is C19H23NO2. The summed E-state index contributed by atoms with van der Waals surface area (Å²) in [6, 6.07) is 15.5. The number of para-hydroxylation sites is 1. The van der Waals surface area contributed by atoms with Crippen LogP contribution in [0.5, 0.6) is 5.75 Å². The van der Waals surface area contributed by atoms with Crippen molar-refractivity contribution in [3.05, 3.63) is 59.7 Å². The van der Waals surface area contributed by atoms with Crippen LogP contribution in [0.1, 0.15) is 31.9 Å². The second-order valence-corrected chi connectivity index (χ2v) is 6.45. The van der Waals surface area contributed by atoms with E-state index in [0.29, 0.717) is 0 Å². The van der Waals surface area contributed by atoms with Crippen molar-refractivity contribution in [2.24, 2.45) is 0 Å². The molecule has 0 radical (unpaired) electrons. The van der Waals surface area contributed by atoms with Gasteiger partial charge in [0.15, 0.2) is 6.61 Å². The van der Waals surface area contributed by atoms with Crippen LogP contribution in [0, 0.1) is 6.92 Å². The van der Waals surface area contributed by atoms with Crippen LogP contribution in [-0.4, -0.2) is 12.5 Å². The van der Waals surface area contributed by atoms with Crippen LogP contribution in [0.3, 0.4) is 0 Å². The Balaban J connectivity index is 1.98. The maximum absolute atomic E-state index is 12.0. The number of amides is 1. The molecule has 0 bridgehead atoms. The number of carbonyl (C=O) groups is 1. The zero-order chi connectivity index (χ0) is 16.2. The first-order chi connectivity index (χ1) is 10.4. The monoisotopic (exact) mass is 297 g/mol. The molecule has 3 heteroatoms. The smallest absolute Gasteiger partial charge is 0.262 e. The van der Waals surface area contributed by atoms with E-state index in [1.807, 2.05) is 55.5 Å². The average Bonchev–Trinajstić information content (AvgIpc) is 2.47. The van der Waals surface area contributed by atoms with Gasteiger partial charge in [-0.15, -0.1) is 0 Å². The number of hydrogen-bond donors (Lipinski definition) is 1. The first-order valence-electron chi connectivity index (χ1n) is 7.45. The van der Waals surface area contributed by atoms with Gasteiger partial charge in [0.25, 0.3) is 5.91 Å². The lowest BCUT2D eigenvalue weighted by molar-refractivity contribution is -0.118. The van der Waals surface area contributed by atoms with E-state index in [0.717, 1.165) is 22.6 Å². The number of benzene rings is 2. The van der Waals surface area contributed by atoms with Gasteiger partial charge in [-0.1, -0.05) is 56.7 Å². The molecule has 22 heavy (non-hydrogen) atoms. The highest BCUT2D eigenvalue weighted by molar-refractivity contribution is 5.91. The zero-order valence-corrected chi connectivity index (χ0v) is 13.6. The van der Waals surface area contributed by atoms with E-state index < -0.39 is 0 Å². The third kappa shape index (κ3) is 4.35. The fraction of sp³-hybridized carbons (Fsp3) is 0.316. The highest BCUT2D eigenvalue weighted by Gasteiger charge is 2.18. The Labute approximate surface area is 132 Å². The van der Waals surface area contributed by atoms with Gasteiger partial charge in [0.2, 0.25) is 0 Å². The van der Waals surface area contributed by atoms with Crippen molar-refractivity contribution in [3.8, 4) is 5.75 Å². The number of aryl methyl sites for hydroxylation is 1. The Morgan fingerprint density at radius 3 is 2.32 bits per heavy atom. The van der Waals surface area contributed by atoms with Gasteiger partial charge >= 0.3 is 0 Å². The highest BCUT2D eigenvalue weighted by Crippen LogP contribution is 2.30. The Morgan fingerprint density at radius 1 is 1.05 bits per heavy atom. The van der Waals surface area contributed by atoms with Gasteiger partial charge in [0.05, 0.1) is 0 Å². The van der Waals surface area contributed by atoms with E-state index in [2.05, 4.69) is 26.1 Å². The topological polar surface area (TPSA) is 38.3 Å². The molecule has 0 aliphatic rings. The van der Waals surface area contributed by atoms with Crippen LogP contribution in [-0.2, 0) is 10.2 Å². The summed E-state index contributed by atoms with van der Waals surface area (Å²) < 4.78 is 5.71. The number of ether oxygens (including phenoxy) is 1. The van der Waals surface area contributed by atoms with Crippen LogP contribution in [0.4, 0.5) is 5.69 Å². The summed E-state index contributed by atoms with van der Waals surface area (Å²) in [6.07, 6.45) is 0. The lowest BCUT2D eigenvalue weighted by Gasteiger charge is -2.22. The second kappa shape index (κ2) is 6.65. The quantitative estimate of drug-likeness (QED) is 0.913. The second-order valence-electron chi connectivity index (χ2n) is 6.45. The third-order valence-electron chi connectivity index (χ3n) is 3.39. The SMILES string of the molecule is Cc1ccc(NC(=O)COc2ccccc2C(C)(C)C)cc1. The largest absolute Gasteiger partial charge is 0.483 e. The van der Waals surface area contributed by atoms with Crippen molar-refractivity contribution in [2.45, 2.75) is 33.1 Å². The molecule has 2 aromatic carbocycles. The molecule has 3 nitrogen and oxygen atoms in total.